The van der Waals surface area contributed by atoms with Gasteiger partial charge >= 0.3 is 0 Å². The van der Waals surface area contributed by atoms with Gasteiger partial charge in [0.25, 0.3) is 0 Å². The molecule has 0 unspecified atom stereocenters. The lowest BCUT2D eigenvalue weighted by atomic mass is 9.94. The monoisotopic (exact) mass is 385 g/mol. The van der Waals surface area contributed by atoms with Crippen molar-refractivity contribution in [2.45, 2.75) is 43.2 Å². The molecule has 134 valence electrons. The van der Waals surface area contributed by atoms with Gasteiger partial charge in [-0.2, -0.15) is 4.31 Å². The Balaban J connectivity index is 2.07. The normalized spacial score (nSPS) is 22.1. The Hall–Kier alpha value is -1.50. The van der Waals surface area contributed by atoms with Crippen molar-refractivity contribution in [2.75, 3.05) is 0 Å². The van der Waals surface area contributed by atoms with E-state index in [9.17, 15) is 17.2 Å². The molecule has 3 nitrogen and oxygen atoms in total. The third-order valence-corrected chi connectivity index (χ3v) is 6.79. The summed E-state index contributed by atoms with van der Waals surface area (Å²) < 4.78 is 55.0. The molecule has 0 N–H and O–H groups in total. The van der Waals surface area contributed by atoms with E-state index in [0.29, 0.717) is 23.4 Å². The van der Waals surface area contributed by atoms with Crippen molar-refractivity contribution in [1.82, 2.24) is 4.31 Å². The van der Waals surface area contributed by atoms with Crippen LogP contribution in [0.3, 0.4) is 0 Å². The van der Waals surface area contributed by atoms with Gasteiger partial charge in [0, 0.05) is 17.1 Å². The van der Waals surface area contributed by atoms with E-state index >= 15 is 0 Å². The fraction of sp³-hybridized carbons (Fsp3) is 0.333. The SMILES string of the molecule is C[C@H]1CCC[C@@H](c2cc(F)cc(F)c2)N1S(=O)(=O)c1ccc(Cl)cc1. The van der Waals surface area contributed by atoms with Crippen LogP contribution in [0, 0.1) is 11.6 Å². The lowest BCUT2D eigenvalue weighted by Gasteiger charge is -2.39. The molecule has 1 saturated heterocycles. The average Bonchev–Trinajstić information content (AvgIpc) is 2.54. The van der Waals surface area contributed by atoms with Gasteiger partial charge in [-0.25, -0.2) is 17.2 Å². The van der Waals surface area contributed by atoms with Crippen LogP contribution in [-0.4, -0.2) is 18.8 Å². The van der Waals surface area contributed by atoms with Gasteiger partial charge in [-0.05, 0) is 68.1 Å². The Morgan fingerprint density at radius 3 is 2.24 bits per heavy atom. The minimum Gasteiger partial charge on any atom is -0.207 e. The molecular formula is C18H18ClF2NO2S. The van der Waals surface area contributed by atoms with Crippen LogP contribution in [0.25, 0.3) is 0 Å². The fourth-order valence-corrected chi connectivity index (χ4v) is 5.37. The highest BCUT2D eigenvalue weighted by Crippen LogP contribution is 2.39. The second-order valence-electron chi connectivity index (χ2n) is 6.29. The molecule has 0 spiro atoms. The Morgan fingerprint density at radius 1 is 1.04 bits per heavy atom. The summed E-state index contributed by atoms with van der Waals surface area (Å²) >= 11 is 5.84. The van der Waals surface area contributed by atoms with Crippen molar-refractivity contribution in [3.63, 3.8) is 0 Å². The first kappa shape index (κ1) is 18.3. The maximum absolute atomic E-state index is 13.6. The van der Waals surface area contributed by atoms with E-state index in [1.807, 2.05) is 6.92 Å². The van der Waals surface area contributed by atoms with E-state index in [2.05, 4.69) is 0 Å². The molecule has 1 aliphatic heterocycles. The summed E-state index contributed by atoms with van der Waals surface area (Å²) in [6.45, 7) is 1.81. The molecule has 3 rings (SSSR count). The van der Waals surface area contributed by atoms with Gasteiger partial charge in [0.2, 0.25) is 10.0 Å². The van der Waals surface area contributed by atoms with Gasteiger partial charge in [-0.3, -0.25) is 0 Å². The van der Waals surface area contributed by atoms with Crippen LogP contribution in [0.5, 0.6) is 0 Å². The van der Waals surface area contributed by atoms with E-state index in [1.165, 1.54) is 40.7 Å². The molecule has 2 atom stereocenters. The maximum Gasteiger partial charge on any atom is 0.243 e. The number of hydrogen-bond acceptors (Lipinski definition) is 2. The third-order valence-electron chi connectivity index (χ3n) is 4.50. The molecule has 7 heteroatoms. The van der Waals surface area contributed by atoms with Crippen molar-refractivity contribution >= 4 is 21.6 Å². The van der Waals surface area contributed by atoms with Crippen LogP contribution in [0.4, 0.5) is 8.78 Å². The number of nitrogens with zero attached hydrogens (tertiary/aromatic N) is 1. The zero-order chi connectivity index (χ0) is 18.2. The summed E-state index contributed by atoms with van der Waals surface area (Å²) in [5, 5.41) is 0.439. The largest absolute Gasteiger partial charge is 0.243 e. The van der Waals surface area contributed by atoms with Crippen LogP contribution in [-0.2, 0) is 10.0 Å². The Bertz CT molecular complexity index is 851. The van der Waals surface area contributed by atoms with E-state index in [-0.39, 0.29) is 10.9 Å². The van der Waals surface area contributed by atoms with Gasteiger partial charge in [-0.1, -0.05) is 11.6 Å². The molecule has 0 saturated carbocycles. The summed E-state index contributed by atoms with van der Waals surface area (Å²) in [5.74, 6) is -1.42. The Labute approximate surface area is 151 Å². The topological polar surface area (TPSA) is 37.4 Å². The van der Waals surface area contributed by atoms with Gasteiger partial charge in [0.15, 0.2) is 0 Å². The van der Waals surface area contributed by atoms with Gasteiger partial charge in [0.1, 0.15) is 11.6 Å². The zero-order valence-corrected chi connectivity index (χ0v) is 15.2. The third kappa shape index (κ3) is 3.71. The molecule has 0 bridgehead atoms. The molecule has 2 aromatic carbocycles. The molecule has 25 heavy (non-hydrogen) atoms. The van der Waals surface area contributed by atoms with Crippen molar-refractivity contribution < 1.29 is 17.2 Å². The maximum atomic E-state index is 13.6. The highest BCUT2D eigenvalue weighted by molar-refractivity contribution is 7.89. The molecule has 1 aliphatic rings. The molecule has 2 aromatic rings. The molecule has 0 radical (unpaired) electrons. The van der Waals surface area contributed by atoms with Crippen molar-refractivity contribution in [1.29, 1.82) is 0 Å². The smallest absolute Gasteiger partial charge is 0.207 e. The number of halogens is 3. The number of rotatable bonds is 3. The standard InChI is InChI=1S/C18H18ClF2NO2S/c1-12-3-2-4-18(13-9-15(20)11-16(21)10-13)22(12)25(23,24)17-7-5-14(19)6-8-17/h5-12,18H,2-4H2,1H3/t12-,18-/m0/s1. The first-order valence-electron chi connectivity index (χ1n) is 8.04. The molecule has 0 aliphatic carbocycles. The number of hydrogen-bond donors (Lipinski definition) is 0. The molecule has 1 heterocycles. The minimum absolute atomic E-state index is 0.118. The predicted molar refractivity (Wildman–Crippen MR) is 92.9 cm³/mol. The molecule has 1 fully saturated rings. The van der Waals surface area contributed by atoms with Gasteiger partial charge in [0.05, 0.1) is 10.9 Å². The van der Waals surface area contributed by atoms with Gasteiger partial charge < -0.3 is 0 Å². The van der Waals surface area contributed by atoms with Gasteiger partial charge in [-0.15, -0.1) is 0 Å². The van der Waals surface area contributed by atoms with Crippen LogP contribution >= 0.6 is 11.6 Å². The molecular weight excluding hydrogens is 368 g/mol. The second-order valence-corrected chi connectivity index (χ2v) is 8.57. The Kier molecular flexibility index (Phi) is 5.14. The number of piperidine rings is 1. The molecule has 0 aromatic heterocycles. The van der Waals surface area contributed by atoms with E-state index < -0.39 is 27.7 Å². The quantitative estimate of drug-likeness (QED) is 0.751. The van der Waals surface area contributed by atoms with Crippen LogP contribution in [0.2, 0.25) is 5.02 Å². The lowest BCUT2D eigenvalue weighted by molar-refractivity contribution is 0.192. The fourth-order valence-electron chi connectivity index (χ4n) is 3.38. The summed E-state index contributed by atoms with van der Waals surface area (Å²) in [7, 11) is -3.82. The first-order chi connectivity index (χ1) is 11.8. The highest BCUT2D eigenvalue weighted by atomic mass is 35.5. The first-order valence-corrected chi connectivity index (χ1v) is 9.86. The predicted octanol–water partition coefficient (Wildman–Crippen LogP) is 4.92. The van der Waals surface area contributed by atoms with Crippen LogP contribution in [0.15, 0.2) is 47.4 Å². The highest BCUT2D eigenvalue weighted by Gasteiger charge is 2.38. The van der Waals surface area contributed by atoms with Crippen molar-refractivity contribution in [3.8, 4) is 0 Å². The van der Waals surface area contributed by atoms with Crippen molar-refractivity contribution in [2.24, 2.45) is 0 Å². The summed E-state index contributed by atoms with van der Waals surface area (Å²) in [6, 6.07) is 8.24. The van der Waals surface area contributed by atoms with E-state index in [0.717, 1.165) is 12.5 Å². The minimum atomic E-state index is -3.82. The Morgan fingerprint density at radius 2 is 1.64 bits per heavy atom. The van der Waals surface area contributed by atoms with Crippen LogP contribution in [0.1, 0.15) is 37.8 Å². The lowest BCUT2D eigenvalue weighted by Crippen LogP contribution is -2.44. The summed E-state index contributed by atoms with van der Waals surface area (Å²) in [6.07, 6.45) is 2.00. The number of sulfonamides is 1. The average molecular weight is 386 g/mol. The van der Waals surface area contributed by atoms with E-state index in [4.69, 9.17) is 11.6 Å². The van der Waals surface area contributed by atoms with Crippen LogP contribution < -0.4 is 0 Å². The van der Waals surface area contributed by atoms with E-state index in [1.54, 1.807) is 0 Å². The van der Waals surface area contributed by atoms with Crippen molar-refractivity contribution in [3.05, 3.63) is 64.7 Å². The number of benzene rings is 2. The molecule has 0 amide bonds. The summed E-state index contributed by atoms with van der Waals surface area (Å²) in [4.78, 5) is 0.118. The second kappa shape index (κ2) is 7.02. The summed E-state index contributed by atoms with van der Waals surface area (Å²) in [5.41, 5.74) is 0.335. The zero-order valence-electron chi connectivity index (χ0n) is 13.6.